The number of ether oxygens (including phenoxy) is 1. The van der Waals surface area contributed by atoms with Crippen LogP contribution in [0.15, 0.2) is 0 Å². The van der Waals surface area contributed by atoms with E-state index in [9.17, 15) is 4.79 Å². The van der Waals surface area contributed by atoms with Gasteiger partial charge in [-0.25, -0.2) is 0 Å². The van der Waals surface area contributed by atoms with Gasteiger partial charge in [-0.3, -0.25) is 4.79 Å². The van der Waals surface area contributed by atoms with E-state index in [1.165, 1.54) is 6.42 Å². The summed E-state index contributed by atoms with van der Waals surface area (Å²) in [5.74, 6) is 0.444. The van der Waals surface area contributed by atoms with E-state index in [4.69, 9.17) is 4.74 Å². The van der Waals surface area contributed by atoms with Crippen molar-refractivity contribution in [2.24, 2.45) is 5.92 Å². The van der Waals surface area contributed by atoms with Crippen LogP contribution in [0.5, 0.6) is 0 Å². The first-order chi connectivity index (χ1) is 7.10. The molecular weight excluding hydrogens is 190 g/mol. The lowest BCUT2D eigenvalue weighted by Gasteiger charge is -2.35. The minimum atomic E-state index is -0.286. The van der Waals surface area contributed by atoms with Gasteiger partial charge in [0.05, 0.1) is 5.54 Å². The van der Waals surface area contributed by atoms with Gasteiger partial charge in [-0.1, -0.05) is 6.92 Å². The number of ketones is 1. The van der Waals surface area contributed by atoms with Crippen molar-refractivity contribution < 1.29 is 9.53 Å². The van der Waals surface area contributed by atoms with E-state index in [-0.39, 0.29) is 11.5 Å². The van der Waals surface area contributed by atoms with E-state index in [2.05, 4.69) is 5.32 Å². The lowest BCUT2D eigenvalue weighted by Crippen LogP contribution is -2.54. The van der Waals surface area contributed by atoms with E-state index in [1.54, 1.807) is 7.11 Å². The molecule has 1 aliphatic heterocycles. The average Bonchev–Trinajstić information content (AvgIpc) is 2.26. The van der Waals surface area contributed by atoms with Crippen molar-refractivity contribution in [3.05, 3.63) is 0 Å². The molecule has 1 heterocycles. The Kier molecular flexibility index (Phi) is 4.74. The zero-order valence-electron chi connectivity index (χ0n) is 10.1. The van der Waals surface area contributed by atoms with Crippen molar-refractivity contribution in [1.82, 2.24) is 5.32 Å². The molecule has 2 atom stereocenters. The molecule has 0 aromatic carbocycles. The first-order valence-corrected chi connectivity index (χ1v) is 5.88. The molecule has 1 rings (SSSR count). The van der Waals surface area contributed by atoms with Crippen LogP contribution in [-0.4, -0.2) is 31.6 Å². The maximum Gasteiger partial charge on any atom is 0.155 e. The zero-order chi connectivity index (χ0) is 11.3. The molecule has 3 heteroatoms. The molecule has 0 aliphatic carbocycles. The van der Waals surface area contributed by atoms with Gasteiger partial charge in [0.1, 0.15) is 0 Å². The number of methoxy groups -OCH3 is 1. The first-order valence-electron chi connectivity index (χ1n) is 5.88. The molecule has 0 saturated carbocycles. The summed E-state index contributed by atoms with van der Waals surface area (Å²) in [6.07, 6.45) is 4.15. The minimum Gasteiger partial charge on any atom is -0.385 e. The summed E-state index contributed by atoms with van der Waals surface area (Å²) in [5, 5.41) is 3.36. The molecule has 15 heavy (non-hydrogen) atoms. The predicted molar refractivity (Wildman–Crippen MR) is 60.9 cm³/mol. The first kappa shape index (κ1) is 12.7. The summed E-state index contributed by atoms with van der Waals surface area (Å²) < 4.78 is 5.01. The van der Waals surface area contributed by atoms with Crippen LogP contribution in [0.2, 0.25) is 0 Å². The van der Waals surface area contributed by atoms with E-state index in [0.29, 0.717) is 12.4 Å². The van der Waals surface area contributed by atoms with Crippen LogP contribution >= 0.6 is 0 Å². The fraction of sp³-hybridized carbons (Fsp3) is 0.917. The lowest BCUT2D eigenvalue weighted by molar-refractivity contribution is -0.129. The highest BCUT2D eigenvalue weighted by atomic mass is 16.5. The second kappa shape index (κ2) is 5.61. The van der Waals surface area contributed by atoms with Crippen LogP contribution in [0.1, 0.15) is 39.5 Å². The molecule has 0 bridgehead atoms. The van der Waals surface area contributed by atoms with Gasteiger partial charge in [-0.15, -0.1) is 0 Å². The summed E-state index contributed by atoms with van der Waals surface area (Å²) >= 11 is 0. The number of hydrogen-bond acceptors (Lipinski definition) is 3. The van der Waals surface area contributed by atoms with Crippen LogP contribution < -0.4 is 5.32 Å². The number of rotatable bonds is 5. The highest BCUT2D eigenvalue weighted by molar-refractivity contribution is 5.89. The molecule has 0 aromatic heterocycles. The summed E-state index contributed by atoms with van der Waals surface area (Å²) in [5.41, 5.74) is -0.286. The van der Waals surface area contributed by atoms with Gasteiger partial charge in [-0.05, 0) is 39.2 Å². The smallest absolute Gasteiger partial charge is 0.155 e. The van der Waals surface area contributed by atoms with Gasteiger partial charge in [-0.2, -0.15) is 0 Å². The molecule has 2 unspecified atom stereocenters. The molecule has 88 valence electrons. The largest absolute Gasteiger partial charge is 0.385 e. The molecule has 1 fully saturated rings. The van der Waals surface area contributed by atoms with Gasteiger partial charge in [0.25, 0.3) is 0 Å². The monoisotopic (exact) mass is 213 g/mol. The van der Waals surface area contributed by atoms with Gasteiger partial charge in [0.2, 0.25) is 0 Å². The quantitative estimate of drug-likeness (QED) is 0.756. The van der Waals surface area contributed by atoms with Gasteiger partial charge < -0.3 is 10.1 Å². The number of piperidine rings is 1. The van der Waals surface area contributed by atoms with Crippen LogP contribution in [0.25, 0.3) is 0 Å². The molecule has 1 aliphatic rings. The van der Waals surface area contributed by atoms with Crippen LogP contribution in [0, 0.1) is 5.92 Å². The van der Waals surface area contributed by atoms with Crippen molar-refractivity contribution in [2.45, 2.75) is 45.1 Å². The Hall–Kier alpha value is -0.410. The van der Waals surface area contributed by atoms with Gasteiger partial charge in [0.15, 0.2) is 5.78 Å². The van der Waals surface area contributed by atoms with Crippen molar-refractivity contribution >= 4 is 5.78 Å². The number of carbonyl (C=O) groups excluding carboxylic acids is 1. The standard InChI is InChI=1S/C12H23NO2/c1-10(6-9-15-3)11(14)12(2)7-4-5-8-13-12/h10,13H,4-9H2,1-3H3. The Bertz CT molecular complexity index is 210. The van der Waals surface area contributed by atoms with Crippen molar-refractivity contribution in [3.8, 4) is 0 Å². The highest BCUT2D eigenvalue weighted by Crippen LogP contribution is 2.24. The molecule has 0 aromatic rings. The number of hydrogen-bond donors (Lipinski definition) is 1. The Morgan fingerprint density at radius 1 is 1.53 bits per heavy atom. The third kappa shape index (κ3) is 3.28. The average molecular weight is 213 g/mol. The Morgan fingerprint density at radius 2 is 2.27 bits per heavy atom. The second-order valence-corrected chi connectivity index (χ2v) is 4.76. The summed E-state index contributed by atoms with van der Waals surface area (Å²) in [4.78, 5) is 12.2. The van der Waals surface area contributed by atoms with E-state index >= 15 is 0 Å². The fourth-order valence-corrected chi connectivity index (χ4v) is 2.24. The lowest BCUT2D eigenvalue weighted by atomic mass is 9.81. The zero-order valence-corrected chi connectivity index (χ0v) is 10.1. The maximum absolute atomic E-state index is 12.2. The van der Waals surface area contributed by atoms with E-state index in [0.717, 1.165) is 25.8 Å². The number of nitrogens with one attached hydrogen (secondary N) is 1. The predicted octanol–water partition coefficient (Wildman–Crippen LogP) is 1.76. The van der Waals surface area contributed by atoms with Crippen LogP contribution in [-0.2, 0) is 9.53 Å². The van der Waals surface area contributed by atoms with Gasteiger partial charge in [0, 0.05) is 19.6 Å². The van der Waals surface area contributed by atoms with Gasteiger partial charge >= 0.3 is 0 Å². The minimum absolute atomic E-state index is 0.0977. The third-order valence-electron chi connectivity index (χ3n) is 3.37. The Morgan fingerprint density at radius 3 is 2.80 bits per heavy atom. The van der Waals surface area contributed by atoms with E-state index in [1.807, 2.05) is 13.8 Å². The molecule has 0 amide bonds. The van der Waals surface area contributed by atoms with Crippen LogP contribution in [0.4, 0.5) is 0 Å². The molecule has 0 radical (unpaired) electrons. The Labute approximate surface area is 92.6 Å². The number of carbonyl (C=O) groups is 1. The topological polar surface area (TPSA) is 38.3 Å². The third-order valence-corrected chi connectivity index (χ3v) is 3.37. The van der Waals surface area contributed by atoms with Crippen molar-refractivity contribution in [2.75, 3.05) is 20.3 Å². The molecule has 3 nitrogen and oxygen atoms in total. The second-order valence-electron chi connectivity index (χ2n) is 4.76. The van der Waals surface area contributed by atoms with E-state index < -0.39 is 0 Å². The maximum atomic E-state index is 12.2. The summed E-state index contributed by atoms with van der Waals surface area (Å²) in [7, 11) is 1.68. The summed E-state index contributed by atoms with van der Waals surface area (Å²) in [6.45, 7) is 5.68. The van der Waals surface area contributed by atoms with Crippen LogP contribution in [0.3, 0.4) is 0 Å². The molecule has 0 spiro atoms. The molecular formula is C12H23NO2. The normalized spacial score (nSPS) is 28.7. The fourth-order valence-electron chi connectivity index (χ4n) is 2.24. The summed E-state index contributed by atoms with van der Waals surface area (Å²) in [6, 6.07) is 0. The van der Waals surface area contributed by atoms with Crippen molar-refractivity contribution in [1.29, 1.82) is 0 Å². The highest BCUT2D eigenvalue weighted by Gasteiger charge is 2.36. The molecule has 1 saturated heterocycles. The number of Topliss-reactive ketones (excluding diaryl/α,β-unsaturated/α-hetero) is 1. The van der Waals surface area contributed by atoms with Crippen molar-refractivity contribution in [3.63, 3.8) is 0 Å². The Balaban J connectivity index is 2.49. The molecule has 1 N–H and O–H groups in total. The SMILES string of the molecule is COCCC(C)C(=O)C1(C)CCCCN1.